The van der Waals surface area contributed by atoms with Crippen LogP contribution in [0.5, 0.6) is 0 Å². The molecule has 0 aromatic heterocycles. The molecule has 0 saturated heterocycles. The van der Waals surface area contributed by atoms with Crippen molar-refractivity contribution in [1.29, 1.82) is 0 Å². The Morgan fingerprint density at radius 1 is 1.38 bits per heavy atom. The van der Waals surface area contributed by atoms with E-state index in [1.54, 1.807) is 0 Å². The minimum absolute atomic E-state index is 0.409. The standard InChI is InChI=1S/C11H15ClO/c1-2-3-8-11(13)9-6-4-5-7-10(9)12/h4-7,11,13H,2-3,8H2,1H3/t11-/m0/s1. The maximum Gasteiger partial charge on any atom is 0.0804 e. The highest BCUT2D eigenvalue weighted by Crippen LogP contribution is 2.25. The van der Waals surface area contributed by atoms with Gasteiger partial charge < -0.3 is 5.11 Å². The van der Waals surface area contributed by atoms with Crippen LogP contribution >= 0.6 is 11.6 Å². The molecule has 0 radical (unpaired) electrons. The highest BCUT2D eigenvalue weighted by molar-refractivity contribution is 6.31. The van der Waals surface area contributed by atoms with Crippen molar-refractivity contribution in [3.05, 3.63) is 34.9 Å². The Labute approximate surface area is 84.4 Å². The summed E-state index contributed by atoms with van der Waals surface area (Å²) in [5, 5.41) is 10.4. The molecule has 0 spiro atoms. The maximum atomic E-state index is 9.75. The summed E-state index contributed by atoms with van der Waals surface area (Å²) >= 11 is 5.94. The number of unbranched alkanes of at least 4 members (excludes halogenated alkanes) is 1. The molecule has 1 atom stereocenters. The second-order valence-corrected chi connectivity index (χ2v) is 3.59. The SMILES string of the molecule is CCCC[C@H](O)c1ccccc1Cl. The Hall–Kier alpha value is -0.530. The number of aliphatic hydroxyl groups is 1. The summed E-state index contributed by atoms with van der Waals surface area (Å²) in [6.45, 7) is 2.11. The third-order valence-corrected chi connectivity index (χ3v) is 2.44. The molecule has 1 aromatic rings. The smallest absolute Gasteiger partial charge is 0.0804 e. The molecule has 0 heterocycles. The van der Waals surface area contributed by atoms with Gasteiger partial charge in [0.2, 0.25) is 0 Å². The zero-order chi connectivity index (χ0) is 9.68. The van der Waals surface area contributed by atoms with Gasteiger partial charge in [0.1, 0.15) is 0 Å². The van der Waals surface area contributed by atoms with Crippen LogP contribution in [0.4, 0.5) is 0 Å². The van der Waals surface area contributed by atoms with E-state index in [9.17, 15) is 5.11 Å². The van der Waals surface area contributed by atoms with Crippen LogP contribution in [-0.2, 0) is 0 Å². The fraction of sp³-hybridized carbons (Fsp3) is 0.455. The molecule has 1 aromatic carbocycles. The molecule has 2 heteroatoms. The molecule has 0 aliphatic carbocycles. The van der Waals surface area contributed by atoms with E-state index in [0.29, 0.717) is 5.02 Å². The van der Waals surface area contributed by atoms with Crippen LogP contribution in [0, 0.1) is 0 Å². The molecule has 0 bridgehead atoms. The number of benzene rings is 1. The van der Waals surface area contributed by atoms with Crippen molar-refractivity contribution in [2.24, 2.45) is 0 Å². The lowest BCUT2D eigenvalue weighted by atomic mass is 10.0. The topological polar surface area (TPSA) is 20.2 Å². The number of hydrogen-bond acceptors (Lipinski definition) is 1. The van der Waals surface area contributed by atoms with Crippen molar-refractivity contribution in [2.75, 3.05) is 0 Å². The average molecular weight is 199 g/mol. The lowest BCUT2D eigenvalue weighted by molar-refractivity contribution is 0.164. The minimum Gasteiger partial charge on any atom is -0.388 e. The van der Waals surface area contributed by atoms with E-state index < -0.39 is 6.10 Å². The van der Waals surface area contributed by atoms with Gasteiger partial charge in [-0.15, -0.1) is 0 Å². The van der Waals surface area contributed by atoms with Gasteiger partial charge in [0.15, 0.2) is 0 Å². The highest BCUT2D eigenvalue weighted by Gasteiger charge is 2.09. The van der Waals surface area contributed by atoms with Crippen LogP contribution in [-0.4, -0.2) is 5.11 Å². The van der Waals surface area contributed by atoms with Crippen molar-refractivity contribution in [3.63, 3.8) is 0 Å². The van der Waals surface area contributed by atoms with Crippen molar-refractivity contribution < 1.29 is 5.11 Å². The minimum atomic E-state index is -0.409. The first-order valence-corrected chi connectivity index (χ1v) is 5.06. The lowest BCUT2D eigenvalue weighted by Gasteiger charge is -2.11. The number of halogens is 1. The van der Waals surface area contributed by atoms with Crippen molar-refractivity contribution in [3.8, 4) is 0 Å². The second kappa shape index (κ2) is 5.25. The summed E-state index contributed by atoms with van der Waals surface area (Å²) in [5.41, 5.74) is 0.845. The van der Waals surface area contributed by atoms with Crippen LogP contribution in [0.1, 0.15) is 37.9 Å². The molecule has 72 valence electrons. The summed E-state index contributed by atoms with van der Waals surface area (Å²) in [7, 11) is 0. The van der Waals surface area contributed by atoms with E-state index >= 15 is 0 Å². The number of aliphatic hydroxyl groups excluding tert-OH is 1. The van der Waals surface area contributed by atoms with Crippen molar-refractivity contribution >= 4 is 11.6 Å². The molecule has 0 aliphatic heterocycles. The molecular weight excluding hydrogens is 184 g/mol. The molecule has 13 heavy (non-hydrogen) atoms. The van der Waals surface area contributed by atoms with Gasteiger partial charge in [0.05, 0.1) is 6.10 Å². The van der Waals surface area contributed by atoms with E-state index in [1.165, 1.54) is 0 Å². The summed E-state index contributed by atoms with van der Waals surface area (Å²) in [5.74, 6) is 0. The largest absolute Gasteiger partial charge is 0.388 e. The van der Waals surface area contributed by atoms with Crippen LogP contribution in [0.3, 0.4) is 0 Å². The van der Waals surface area contributed by atoms with Crippen molar-refractivity contribution in [2.45, 2.75) is 32.3 Å². The first-order valence-electron chi connectivity index (χ1n) is 4.68. The van der Waals surface area contributed by atoms with Gasteiger partial charge in [-0.25, -0.2) is 0 Å². The molecule has 1 N–H and O–H groups in total. The summed E-state index contributed by atoms with van der Waals surface area (Å²) in [6, 6.07) is 7.46. The van der Waals surface area contributed by atoms with Crippen LogP contribution in [0.2, 0.25) is 5.02 Å². The highest BCUT2D eigenvalue weighted by atomic mass is 35.5. The fourth-order valence-corrected chi connectivity index (χ4v) is 1.56. The fourth-order valence-electron chi connectivity index (χ4n) is 1.30. The van der Waals surface area contributed by atoms with Crippen LogP contribution in [0.15, 0.2) is 24.3 Å². The Morgan fingerprint density at radius 3 is 2.69 bits per heavy atom. The van der Waals surface area contributed by atoms with Gasteiger partial charge in [0, 0.05) is 5.02 Å². The van der Waals surface area contributed by atoms with E-state index in [-0.39, 0.29) is 0 Å². The molecule has 0 unspecified atom stereocenters. The normalized spacial score (nSPS) is 12.8. The van der Waals surface area contributed by atoms with Crippen molar-refractivity contribution in [1.82, 2.24) is 0 Å². The maximum absolute atomic E-state index is 9.75. The average Bonchev–Trinajstić information content (AvgIpc) is 2.15. The van der Waals surface area contributed by atoms with Gasteiger partial charge in [-0.3, -0.25) is 0 Å². The Bertz CT molecular complexity index is 260. The van der Waals surface area contributed by atoms with E-state index in [2.05, 4.69) is 6.92 Å². The van der Waals surface area contributed by atoms with E-state index in [0.717, 1.165) is 24.8 Å². The predicted octanol–water partition coefficient (Wildman–Crippen LogP) is 3.56. The summed E-state index contributed by atoms with van der Waals surface area (Å²) < 4.78 is 0. The second-order valence-electron chi connectivity index (χ2n) is 3.18. The molecule has 0 amide bonds. The zero-order valence-electron chi connectivity index (χ0n) is 7.83. The quantitative estimate of drug-likeness (QED) is 0.785. The Kier molecular flexibility index (Phi) is 4.26. The molecule has 1 rings (SSSR count). The number of hydrogen-bond donors (Lipinski definition) is 1. The number of rotatable bonds is 4. The van der Waals surface area contributed by atoms with Crippen LogP contribution in [0.25, 0.3) is 0 Å². The summed E-state index contributed by atoms with van der Waals surface area (Å²) in [4.78, 5) is 0. The molecule has 0 saturated carbocycles. The third-order valence-electron chi connectivity index (χ3n) is 2.10. The van der Waals surface area contributed by atoms with Gasteiger partial charge >= 0.3 is 0 Å². The van der Waals surface area contributed by atoms with Gasteiger partial charge in [-0.1, -0.05) is 49.6 Å². The Balaban J connectivity index is 2.65. The third kappa shape index (κ3) is 3.02. The molecule has 1 nitrogen and oxygen atoms in total. The van der Waals surface area contributed by atoms with E-state index in [1.807, 2.05) is 24.3 Å². The van der Waals surface area contributed by atoms with E-state index in [4.69, 9.17) is 11.6 Å². The predicted molar refractivity (Wildman–Crippen MR) is 55.9 cm³/mol. The lowest BCUT2D eigenvalue weighted by Crippen LogP contribution is -1.97. The molecule has 0 fully saturated rings. The van der Waals surface area contributed by atoms with Gasteiger partial charge in [-0.05, 0) is 18.1 Å². The monoisotopic (exact) mass is 198 g/mol. The molecular formula is C11H15ClO. The first-order chi connectivity index (χ1) is 6.25. The van der Waals surface area contributed by atoms with Gasteiger partial charge in [-0.2, -0.15) is 0 Å². The Morgan fingerprint density at radius 2 is 2.08 bits per heavy atom. The van der Waals surface area contributed by atoms with Crippen LogP contribution < -0.4 is 0 Å². The zero-order valence-corrected chi connectivity index (χ0v) is 8.59. The van der Waals surface area contributed by atoms with Gasteiger partial charge in [0.25, 0.3) is 0 Å². The summed E-state index contributed by atoms with van der Waals surface area (Å²) in [6.07, 6.45) is 2.52. The molecule has 0 aliphatic rings. The first kappa shape index (κ1) is 10.6.